The number of ketones is 1. The van der Waals surface area contributed by atoms with Gasteiger partial charge in [0.05, 0.1) is 12.7 Å². The minimum atomic E-state index is -0.542. The molecule has 0 rings (SSSR count). The lowest BCUT2D eigenvalue weighted by Gasteiger charge is -2.00. The van der Waals surface area contributed by atoms with Crippen molar-refractivity contribution in [1.82, 2.24) is 0 Å². The fraction of sp³-hybridized carbons (Fsp3) is 0.857. The van der Waals surface area contributed by atoms with Crippen molar-refractivity contribution in [1.29, 1.82) is 0 Å². The van der Waals surface area contributed by atoms with Crippen molar-refractivity contribution < 1.29 is 15.0 Å². The van der Waals surface area contributed by atoms with Gasteiger partial charge in [-0.2, -0.15) is 0 Å². The second kappa shape index (κ2) is 10.1. The summed E-state index contributed by atoms with van der Waals surface area (Å²) in [6.07, 6.45) is 0.0793. The molecule has 0 aliphatic rings. The van der Waals surface area contributed by atoms with E-state index >= 15 is 0 Å². The summed E-state index contributed by atoms with van der Waals surface area (Å²) in [5.74, 6) is 0.167. The Balaban J connectivity index is 0. The van der Waals surface area contributed by atoms with E-state index in [1.54, 1.807) is 0 Å². The first-order valence-corrected chi connectivity index (χ1v) is 4.48. The molecule has 4 heteroatoms. The highest BCUT2D eigenvalue weighted by molar-refractivity contribution is 9.09. The molecular formula is C7H15BrO3. The number of aliphatic hydroxyl groups is 2. The Morgan fingerprint density at radius 3 is 2.00 bits per heavy atom. The van der Waals surface area contributed by atoms with E-state index in [-0.39, 0.29) is 12.4 Å². The lowest BCUT2D eigenvalue weighted by molar-refractivity contribution is -0.114. The van der Waals surface area contributed by atoms with Gasteiger partial charge in [0.1, 0.15) is 5.78 Å². The number of hydrogen-bond donors (Lipinski definition) is 2. The molecule has 0 aliphatic heterocycles. The molecule has 0 saturated heterocycles. The summed E-state index contributed by atoms with van der Waals surface area (Å²) in [6.45, 7) is 2.92. The van der Waals surface area contributed by atoms with Crippen LogP contribution < -0.4 is 0 Å². The van der Waals surface area contributed by atoms with Crippen molar-refractivity contribution in [3.63, 3.8) is 0 Å². The predicted octanol–water partition coefficient (Wildman–Crippen LogP) is 0.720. The van der Waals surface area contributed by atoms with Crippen molar-refractivity contribution in [2.45, 2.75) is 26.4 Å². The Kier molecular flexibility index (Phi) is 12.5. The molecule has 0 aliphatic carbocycles. The van der Waals surface area contributed by atoms with E-state index in [0.717, 1.165) is 5.33 Å². The van der Waals surface area contributed by atoms with E-state index in [0.29, 0.717) is 6.42 Å². The topological polar surface area (TPSA) is 57.5 Å². The second-order valence-corrected chi connectivity index (χ2v) is 3.02. The molecule has 0 aromatic heterocycles. The maximum atomic E-state index is 9.44. The van der Waals surface area contributed by atoms with Gasteiger partial charge >= 0.3 is 0 Å². The first kappa shape index (κ1) is 13.6. The van der Waals surface area contributed by atoms with Crippen molar-refractivity contribution in [2.24, 2.45) is 0 Å². The van der Waals surface area contributed by atoms with Crippen LogP contribution in [-0.4, -0.2) is 34.0 Å². The van der Waals surface area contributed by atoms with Crippen LogP contribution in [0.5, 0.6) is 0 Å². The Morgan fingerprint density at radius 1 is 1.55 bits per heavy atom. The first-order chi connectivity index (χ1) is 5.04. The van der Waals surface area contributed by atoms with Crippen LogP contribution in [0.15, 0.2) is 0 Å². The third-order valence-corrected chi connectivity index (χ3v) is 1.11. The normalized spacial score (nSPS) is 11.4. The molecule has 0 fully saturated rings. The average molecular weight is 227 g/mol. The monoisotopic (exact) mass is 226 g/mol. The molecule has 0 radical (unpaired) electrons. The van der Waals surface area contributed by atoms with Crippen LogP contribution in [0.3, 0.4) is 0 Å². The Bertz CT molecular complexity index is 91.7. The predicted molar refractivity (Wildman–Crippen MR) is 47.9 cm³/mol. The van der Waals surface area contributed by atoms with Gasteiger partial charge in [0.2, 0.25) is 0 Å². The zero-order chi connectivity index (χ0) is 9.28. The number of Topliss-reactive ketones (excluding diaryl/α,β-unsaturated/α-hetero) is 1. The van der Waals surface area contributed by atoms with E-state index in [2.05, 4.69) is 15.9 Å². The summed E-state index contributed by atoms with van der Waals surface area (Å²) in [6, 6.07) is 0. The summed E-state index contributed by atoms with van der Waals surface area (Å²) in [5.41, 5.74) is 0. The van der Waals surface area contributed by atoms with E-state index < -0.39 is 6.10 Å². The molecule has 68 valence electrons. The third-order valence-electron chi connectivity index (χ3n) is 0.653. The van der Waals surface area contributed by atoms with E-state index in [1.807, 2.05) is 0 Å². The SMILES string of the molecule is CC(C)=O.OCC(O)CCBr. The summed E-state index contributed by atoms with van der Waals surface area (Å²) in [4.78, 5) is 9.44. The molecule has 11 heavy (non-hydrogen) atoms. The highest BCUT2D eigenvalue weighted by Crippen LogP contribution is 1.92. The molecule has 0 amide bonds. The van der Waals surface area contributed by atoms with E-state index in [1.165, 1.54) is 13.8 Å². The first-order valence-electron chi connectivity index (χ1n) is 3.36. The second-order valence-electron chi connectivity index (χ2n) is 2.22. The number of alkyl halides is 1. The Labute approximate surface area is 75.6 Å². The van der Waals surface area contributed by atoms with E-state index in [9.17, 15) is 4.79 Å². The molecule has 1 unspecified atom stereocenters. The maximum Gasteiger partial charge on any atom is 0.126 e. The number of halogens is 1. The molecule has 0 bridgehead atoms. The molecule has 0 aromatic rings. The van der Waals surface area contributed by atoms with Gasteiger partial charge in [0.15, 0.2) is 0 Å². The van der Waals surface area contributed by atoms with Gasteiger partial charge in [0.25, 0.3) is 0 Å². The quantitative estimate of drug-likeness (QED) is 0.698. The molecule has 0 aromatic carbocycles. The van der Waals surface area contributed by atoms with E-state index in [4.69, 9.17) is 10.2 Å². The van der Waals surface area contributed by atoms with Gasteiger partial charge in [-0.15, -0.1) is 0 Å². The zero-order valence-electron chi connectivity index (χ0n) is 6.88. The van der Waals surface area contributed by atoms with Crippen LogP contribution in [-0.2, 0) is 4.79 Å². The summed E-state index contributed by atoms with van der Waals surface area (Å²) in [5, 5.41) is 17.5. The summed E-state index contributed by atoms with van der Waals surface area (Å²) < 4.78 is 0. The molecule has 2 N–H and O–H groups in total. The average Bonchev–Trinajstić information content (AvgIpc) is 1.87. The molecule has 0 heterocycles. The van der Waals surface area contributed by atoms with Crippen molar-refractivity contribution in [2.75, 3.05) is 11.9 Å². The zero-order valence-corrected chi connectivity index (χ0v) is 8.47. The van der Waals surface area contributed by atoms with Crippen molar-refractivity contribution in [3.8, 4) is 0 Å². The van der Waals surface area contributed by atoms with Gasteiger partial charge in [-0.05, 0) is 20.3 Å². The molecule has 0 saturated carbocycles. The fourth-order valence-electron chi connectivity index (χ4n) is 0.217. The van der Waals surface area contributed by atoms with Gasteiger partial charge in [-0.3, -0.25) is 0 Å². The van der Waals surface area contributed by atoms with Gasteiger partial charge in [-0.1, -0.05) is 15.9 Å². The van der Waals surface area contributed by atoms with Crippen molar-refractivity contribution >= 4 is 21.7 Å². The largest absolute Gasteiger partial charge is 0.394 e. The Morgan fingerprint density at radius 2 is 1.91 bits per heavy atom. The summed E-state index contributed by atoms with van der Waals surface area (Å²) >= 11 is 3.12. The van der Waals surface area contributed by atoms with Crippen LogP contribution >= 0.6 is 15.9 Å². The molecule has 0 spiro atoms. The number of carbonyl (C=O) groups excluding carboxylic acids is 1. The highest BCUT2D eigenvalue weighted by atomic mass is 79.9. The number of aliphatic hydroxyl groups excluding tert-OH is 2. The molecule has 1 atom stereocenters. The molecular weight excluding hydrogens is 212 g/mol. The van der Waals surface area contributed by atoms with Gasteiger partial charge in [0, 0.05) is 5.33 Å². The Hall–Kier alpha value is 0.0700. The van der Waals surface area contributed by atoms with Crippen LogP contribution in [0.1, 0.15) is 20.3 Å². The number of hydrogen-bond acceptors (Lipinski definition) is 3. The summed E-state index contributed by atoms with van der Waals surface area (Å²) in [7, 11) is 0. The number of carbonyl (C=O) groups is 1. The van der Waals surface area contributed by atoms with Crippen LogP contribution in [0.25, 0.3) is 0 Å². The fourth-order valence-corrected chi connectivity index (χ4v) is 0.746. The number of rotatable bonds is 3. The van der Waals surface area contributed by atoms with Crippen LogP contribution in [0.2, 0.25) is 0 Å². The van der Waals surface area contributed by atoms with Gasteiger partial charge in [-0.25, -0.2) is 0 Å². The highest BCUT2D eigenvalue weighted by Gasteiger charge is 1.96. The lowest BCUT2D eigenvalue weighted by atomic mass is 10.3. The standard InChI is InChI=1S/C4H9BrO2.C3H6O/c5-2-1-4(7)3-6;1-3(2)4/h4,6-7H,1-3H2;1-2H3. The minimum Gasteiger partial charge on any atom is -0.394 e. The smallest absolute Gasteiger partial charge is 0.126 e. The van der Waals surface area contributed by atoms with Crippen molar-refractivity contribution in [3.05, 3.63) is 0 Å². The third kappa shape index (κ3) is 25.5. The van der Waals surface area contributed by atoms with Crippen LogP contribution in [0, 0.1) is 0 Å². The lowest BCUT2D eigenvalue weighted by Crippen LogP contribution is -2.11. The molecule has 3 nitrogen and oxygen atoms in total. The van der Waals surface area contributed by atoms with Crippen LogP contribution in [0.4, 0.5) is 0 Å². The van der Waals surface area contributed by atoms with Gasteiger partial charge < -0.3 is 15.0 Å². The minimum absolute atomic E-state index is 0.133. The maximum absolute atomic E-state index is 9.44.